The molecule has 0 atom stereocenters. The molecule has 0 aliphatic rings. The quantitative estimate of drug-likeness (QED) is 0.210. The van der Waals surface area contributed by atoms with Crippen molar-refractivity contribution in [3.8, 4) is 0 Å². The summed E-state index contributed by atoms with van der Waals surface area (Å²) < 4.78 is 0. The van der Waals surface area contributed by atoms with Crippen molar-refractivity contribution >= 4 is 5.91 Å². The minimum absolute atomic E-state index is 0.388. The molecule has 0 heterocycles. The summed E-state index contributed by atoms with van der Waals surface area (Å²) >= 11 is 0. The highest BCUT2D eigenvalue weighted by Crippen LogP contribution is 2.16. The van der Waals surface area contributed by atoms with E-state index < -0.39 is 5.91 Å². The topological polar surface area (TPSA) is 43.1 Å². The summed E-state index contributed by atoms with van der Waals surface area (Å²) in [5.74, 6) is -0.445. The lowest BCUT2D eigenvalue weighted by atomic mass is 10.0. The van der Waals surface area contributed by atoms with Crippen molar-refractivity contribution in [2.75, 3.05) is 0 Å². The van der Waals surface area contributed by atoms with Gasteiger partial charge in [-0.05, 0) is 18.4 Å². The number of rotatable bonds is 16. The highest BCUT2D eigenvalue weighted by molar-refractivity contribution is 5.95. The zero-order valence-electron chi connectivity index (χ0n) is 14.8. The Morgan fingerprint density at radius 1 is 0.727 bits per heavy atom. The predicted octanol–water partition coefficient (Wildman–Crippen LogP) is 6.07. The first-order chi connectivity index (χ1) is 10.6. The van der Waals surface area contributed by atoms with E-state index in [1.54, 1.807) is 0 Å². The smallest absolute Gasteiger partial charge is 0.248 e. The molecular formula is C20H37NO. The predicted molar refractivity (Wildman–Crippen MR) is 97.8 cm³/mol. The van der Waals surface area contributed by atoms with Crippen molar-refractivity contribution in [1.29, 1.82) is 0 Å². The van der Waals surface area contributed by atoms with Gasteiger partial charge in [0.2, 0.25) is 5.91 Å². The Balaban J connectivity index is 3.22. The van der Waals surface area contributed by atoms with Crippen LogP contribution in [0.1, 0.15) is 96.8 Å². The van der Waals surface area contributed by atoms with Gasteiger partial charge in [-0.3, -0.25) is 4.79 Å². The lowest BCUT2D eigenvalue weighted by Crippen LogP contribution is -2.14. The second-order valence-corrected chi connectivity index (χ2v) is 6.44. The Hall–Kier alpha value is -1.05. The molecule has 0 rings (SSSR count). The maximum absolute atomic E-state index is 10.9. The third-order valence-electron chi connectivity index (χ3n) is 4.31. The molecule has 0 aromatic heterocycles. The SMILES string of the molecule is C=C(CCCCCCCCCCCCCCC)C(=C)C(N)=O. The highest BCUT2D eigenvalue weighted by Gasteiger charge is 2.05. The fourth-order valence-electron chi connectivity index (χ4n) is 2.68. The van der Waals surface area contributed by atoms with Crippen LogP contribution in [0.3, 0.4) is 0 Å². The van der Waals surface area contributed by atoms with E-state index in [2.05, 4.69) is 20.1 Å². The number of hydrogen-bond acceptors (Lipinski definition) is 1. The van der Waals surface area contributed by atoms with Gasteiger partial charge in [-0.1, -0.05) is 97.1 Å². The van der Waals surface area contributed by atoms with Crippen LogP contribution in [0.5, 0.6) is 0 Å². The van der Waals surface area contributed by atoms with Gasteiger partial charge in [0, 0.05) is 5.57 Å². The number of amides is 1. The Kier molecular flexibility index (Phi) is 14.2. The molecule has 0 spiro atoms. The molecule has 22 heavy (non-hydrogen) atoms. The van der Waals surface area contributed by atoms with Gasteiger partial charge in [0.15, 0.2) is 0 Å². The van der Waals surface area contributed by atoms with Gasteiger partial charge in [-0.25, -0.2) is 0 Å². The van der Waals surface area contributed by atoms with Crippen molar-refractivity contribution in [3.05, 3.63) is 24.3 Å². The third kappa shape index (κ3) is 12.7. The van der Waals surface area contributed by atoms with Crippen LogP contribution in [0, 0.1) is 0 Å². The second kappa shape index (κ2) is 14.9. The number of unbranched alkanes of at least 4 members (excludes halogenated alkanes) is 12. The van der Waals surface area contributed by atoms with Crippen LogP contribution in [0.4, 0.5) is 0 Å². The maximum Gasteiger partial charge on any atom is 0.248 e. The molecule has 0 unspecified atom stereocenters. The Labute approximate surface area is 138 Å². The van der Waals surface area contributed by atoms with Crippen LogP contribution in [0.2, 0.25) is 0 Å². The Bertz CT molecular complexity index is 320. The van der Waals surface area contributed by atoms with Gasteiger partial charge >= 0.3 is 0 Å². The summed E-state index contributed by atoms with van der Waals surface area (Å²) in [4.78, 5) is 10.9. The van der Waals surface area contributed by atoms with E-state index in [4.69, 9.17) is 5.73 Å². The summed E-state index contributed by atoms with van der Waals surface area (Å²) in [6, 6.07) is 0. The molecule has 1 amide bonds. The van der Waals surface area contributed by atoms with Crippen molar-refractivity contribution in [2.45, 2.75) is 96.8 Å². The molecule has 0 aliphatic heterocycles. The van der Waals surface area contributed by atoms with Crippen LogP contribution in [-0.4, -0.2) is 5.91 Å². The molecular weight excluding hydrogens is 270 g/mol. The van der Waals surface area contributed by atoms with Crippen LogP contribution in [-0.2, 0) is 4.79 Å². The number of hydrogen-bond donors (Lipinski definition) is 1. The van der Waals surface area contributed by atoms with E-state index in [0.717, 1.165) is 18.4 Å². The number of primary amides is 1. The van der Waals surface area contributed by atoms with Gasteiger partial charge < -0.3 is 5.73 Å². The van der Waals surface area contributed by atoms with E-state index in [1.165, 1.54) is 77.0 Å². The molecule has 0 aromatic rings. The summed E-state index contributed by atoms with van der Waals surface area (Å²) in [7, 11) is 0. The fourth-order valence-corrected chi connectivity index (χ4v) is 2.68. The summed E-state index contributed by atoms with van der Waals surface area (Å²) in [5.41, 5.74) is 6.37. The van der Waals surface area contributed by atoms with Gasteiger partial charge in [0.05, 0.1) is 0 Å². The first-order valence-corrected chi connectivity index (χ1v) is 9.26. The van der Waals surface area contributed by atoms with Gasteiger partial charge in [-0.2, -0.15) is 0 Å². The average Bonchev–Trinajstić information content (AvgIpc) is 2.50. The normalized spacial score (nSPS) is 10.6. The Morgan fingerprint density at radius 3 is 1.45 bits per heavy atom. The standard InChI is InChI=1S/C20H37NO/c1-4-5-6-7-8-9-10-11-12-13-14-15-16-17-18(2)19(3)20(21)22/h2-17H2,1H3,(H2,21,22). The minimum atomic E-state index is -0.445. The summed E-state index contributed by atoms with van der Waals surface area (Å²) in [6.07, 6.45) is 18.3. The van der Waals surface area contributed by atoms with Crippen molar-refractivity contribution in [3.63, 3.8) is 0 Å². The fraction of sp³-hybridized carbons (Fsp3) is 0.750. The molecule has 0 saturated carbocycles. The molecule has 0 aromatic carbocycles. The molecule has 0 saturated heterocycles. The van der Waals surface area contributed by atoms with E-state index in [1.807, 2.05) is 0 Å². The van der Waals surface area contributed by atoms with Crippen molar-refractivity contribution < 1.29 is 4.79 Å². The van der Waals surface area contributed by atoms with Crippen LogP contribution in [0.25, 0.3) is 0 Å². The lowest BCUT2D eigenvalue weighted by Gasteiger charge is -2.06. The average molecular weight is 308 g/mol. The van der Waals surface area contributed by atoms with E-state index in [9.17, 15) is 4.79 Å². The third-order valence-corrected chi connectivity index (χ3v) is 4.31. The van der Waals surface area contributed by atoms with Gasteiger partial charge in [-0.15, -0.1) is 0 Å². The number of carbonyl (C=O) groups excluding carboxylic acids is 1. The van der Waals surface area contributed by atoms with Crippen LogP contribution < -0.4 is 5.73 Å². The summed E-state index contributed by atoms with van der Waals surface area (Å²) in [6.45, 7) is 9.80. The number of carbonyl (C=O) groups is 1. The Morgan fingerprint density at radius 2 is 1.09 bits per heavy atom. The molecule has 0 radical (unpaired) electrons. The molecule has 0 fully saturated rings. The van der Waals surface area contributed by atoms with Crippen LogP contribution in [0.15, 0.2) is 24.3 Å². The van der Waals surface area contributed by atoms with Crippen molar-refractivity contribution in [2.24, 2.45) is 5.73 Å². The first-order valence-electron chi connectivity index (χ1n) is 9.26. The summed E-state index contributed by atoms with van der Waals surface area (Å²) in [5, 5.41) is 0. The molecule has 2 N–H and O–H groups in total. The second-order valence-electron chi connectivity index (χ2n) is 6.44. The van der Waals surface area contributed by atoms with E-state index in [-0.39, 0.29) is 0 Å². The molecule has 2 nitrogen and oxygen atoms in total. The largest absolute Gasteiger partial charge is 0.366 e. The molecule has 128 valence electrons. The maximum atomic E-state index is 10.9. The monoisotopic (exact) mass is 307 g/mol. The molecule has 0 aliphatic carbocycles. The zero-order chi connectivity index (χ0) is 16.6. The first kappa shape index (κ1) is 20.9. The van der Waals surface area contributed by atoms with Crippen LogP contribution >= 0.6 is 0 Å². The number of nitrogens with two attached hydrogens (primary N) is 1. The molecule has 0 bridgehead atoms. The highest BCUT2D eigenvalue weighted by atomic mass is 16.1. The van der Waals surface area contributed by atoms with Gasteiger partial charge in [0.1, 0.15) is 0 Å². The minimum Gasteiger partial charge on any atom is -0.366 e. The van der Waals surface area contributed by atoms with E-state index >= 15 is 0 Å². The molecule has 2 heteroatoms. The lowest BCUT2D eigenvalue weighted by molar-refractivity contribution is -0.114. The van der Waals surface area contributed by atoms with Crippen molar-refractivity contribution in [1.82, 2.24) is 0 Å². The van der Waals surface area contributed by atoms with Gasteiger partial charge in [0.25, 0.3) is 0 Å². The zero-order valence-corrected chi connectivity index (χ0v) is 14.8. The van der Waals surface area contributed by atoms with E-state index in [0.29, 0.717) is 5.57 Å².